The minimum Gasteiger partial charge on any atom is -0.493 e. The third kappa shape index (κ3) is 5.69. The number of hydrogen-bond donors (Lipinski definition) is 1. The number of hydrogen-bond acceptors (Lipinski definition) is 7. The number of barbiturate groups is 1. The van der Waals surface area contributed by atoms with E-state index in [2.05, 4.69) is 11.9 Å². The van der Waals surface area contributed by atoms with Crippen LogP contribution in [0.2, 0.25) is 0 Å². The van der Waals surface area contributed by atoms with Crippen LogP contribution in [0.25, 0.3) is 6.08 Å². The molecule has 1 fully saturated rings. The molecule has 0 spiro atoms. The van der Waals surface area contributed by atoms with E-state index >= 15 is 0 Å². The first kappa shape index (κ1) is 26.8. The predicted octanol–water partition coefficient (Wildman–Crippen LogP) is 4.89. The molecule has 3 aromatic rings. The van der Waals surface area contributed by atoms with Gasteiger partial charge in [0.15, 0.2) is 11.5 Å². The van der Waals surface area contributed by atoms with Crippen molar-refractivity contribution in [2.75, 3.05) is 12.0 Å². The number of aryl methyl sites for hydroxylation is 1. The second-order valence-corrected chi connectivity index (χ2v) is 8.66. The van der Waals surface area contributed by atoms with Gasteiger partial charge in [0.05, 0.1) is 17.7 Å². The maximum atomic E-state index is 13.3. The minimum absolute atomic E-state index is 0.0387. The van der Waals surface area contributed by atoms with E-state index in [9.17, 15) is 24.5 Å². The van der Waals surface area contributed by atoms with E-state index in [0.29, 0.717) is 45.9 Å². The summed E-state index contributed by atoms with van der Waals surface area (Å²) >= 11 is 0. The third-order valence-electron chi connectivity index (χ3n) is 6.01. The van der Waals surface area contributed by atoms with Gasteiger partial charge in [0.1, 0.15) is 12.2 Å². The number of ether oxygens (including phenoxy) is 2. The number of amides is 4. The van der Waals surface area contributed by atoms with Crippen LogP contribution < -0.4 is 19.7 Å². The predicted molar refractivity (Wildman–Crippen MR) is 145 cm³/mol. The van der Waals surface area contributed by atoms with Gasteiger partial charge < -0.3 is 9.47 Å². The smallest absolute Gasteiger partial charge is 0.335 e. The quantitative estimate of drug-likeness (QED) is 0.138. The minimum atomic E-state index is -0.828. The molecular formula is C29H25N3O7. The van der Waals surface area contributed by atoms with E-state index in [4.69, 9.17) is 9.47 Å². The van der Waals surface area contributed by atoms with Crippen molar-refractivity contribution in [2.24, 2.45) is 0 Å². The zero-order chi connectivity index (χ0) is 28.1. The molecule has 0 aliphatic carbocycles. The molecule has 0 bridgehead atoms. The lowest BCUT2D eigenvalue weighted by atomic mass is 10.0. The van der Waals surface area contributed by atoms with Crippen molar-refractivity contribution in [3.8, 4) is 11.5 Å². The van der Waals surface area contributed by atoms with Crippen molar-refractivity contribution in [3.05, 3.63) is 111 Å². The highest BCUT2D eigenvalue weighted by Gasteiger charge is 2.37. The molecule has 0 atom stereocenters. The van der Waals surface area contributed by atoms with Gasteiger partial charge in [-0.25, -0.2) is 9.69 Å². The average molecular weight is 528 g/mol. The molecule has 10 nitrogen and oxygen atoms in total. The van der Waals surface area contributed by atoms with E-state index in [1.165, 1.54) is 25.3 Å². The van der Waals surface area contributed by atoms with Crippen molar-refractivity contribution in [2.45, 2.75) is 20.0 Å². The van der Waals surface area contributed by atoms with Crippen molar-refractivity contribution >= 4 is 35.3 Å². The topological polar surface area (TPSA) is 128 Å². The number of benzene rings is 3. The van der Waals surface area contributed by atoms with E-state index in [1.54, 1.807) is 61.5 Å². The molecule has 0 aromatic heterocycles. The molecule has 0 unspecified atom stereocenters. The molecule has 1 saturated heterocycles. The Hall–Kier alpha value is -5.25. The van der Waals surface area contributed by atoms with E-state index in [0.717, 1.165) is 4.90 Å². The Morgan fingerprint density at radius 2 is 1.85 bits per heavy atom. The van der Waals surface area contributed by atoms with Crippen molar-refractivity contribution < 1.29 is 28.8 Å². The first-order valence-electron chi connectivity index (χ1n) is 11.9. The zero-order valence-corrected chi connectivity index (χ0v) is 21.3. The highest BCUT2D eigenvalue weighted by atomic mass is 16.6. The van der Waals surface area contributed by atoms with E-state index < -0.39 is 22.8 Å². The van der Waals surface area contributed by atoms with Crippen LogP contribution in [0.15, 0.2) is 78.9 Å². The van der Waals surface area contributed by atoms with Crippen LogP contribution >= 0.6 is 0 Å². The molecule has 4 amide bonds. The molecule has 1 N–H and O–H groups in total. The lowest BCUT2D eigenvalue weighted by molar-refractivity contribution is -0.384. The second kappa shape index (κ2) is 11.4. The Morgan fingerprint density at radius 1 is 1.08 bits per heavy atom. The maximum absolute atomic E-state index is 13.3. The summed E-state index contributed by atoms with van der Waals surface area (Å²) in [4.78, 5) is 50.1. The number of carbonyl (C=O) groups excluding carboxylic acids is 3. The molecule has 39 heavy (non-hydrogen) atoms. The number of non-ortho nitro benzene ring substituents is 1. The number of nitro groups is 1. The number of imide groups is 2. The number of nitrogens with one attached hydrogen (secondary N) is 1. The average Bonchev–Trinajstić information content (AvgIpc) is 2.91. The number of anilines is 1. The summed E-state index contributed by atoms with van der Waals surface area (Å²) in [6.07, 6.45) is 3.41. The highest BCUT2D eigenvalue weighted by Crippen LogP contribution is 2.35. The Bertz CT molecular complexity index is 1530. The summed E-state index contributed by atoms with van der Waals surface area (Å²) in [6, 6.07) is 15.4. The zero-order valence-electron chi connectivity index (χ0n) is 21.3. The molecule has 198 valence electrons. The van der Waals surface area contributed by atoms with Gasteiger partial charge >= 0.3 is 6.03 Å². The molecule has 4 rings (SSSR count). The standard InChI is InChI=1S/C29H25N3O7/c1-4-8-21-13-20(16-25(38-3)26(21)39-17-19-10-7-11-22(14-19)32(36)37)15-23-27(33)30-29(35)31(28(23)34)24-12-6-5-9-18(24)2/h4-7,9-16H,1,8,17H2,2-3H3,(H,30,33,35)/b23-15+. The number of rotatable bonds is 9. The fourth-order valence-corrected chi connectivity index (χ4v) is 4.16. The van der Waals surface area contributed by atoms with E-state index in [1.807, 2.05) is 0 Å². The number of para-hydroxylation sites is 1. The van der Waals surface area contributed by atoms with Gasteiger partial charge in [0.25, 0.3) is 17.5 Å². The van der Waals surface area contributed by atoms with Crippen LogP contribution in [-0.4, -0.2) is 29.9 Å². The highest BCUT2D eigenvalue weighted by molar-refractivity contribution is 6.39. The van der Waals surface area contributed by atoms with Gasteiger partial charge in [0, 0.05) is 17.7 Å². The van der Waals surface area contributed by atoms with Crippen LogP contribution in [-0.2, 0) is 22.6 Å². The lowest BCUT2D eigenvalue weighted by Gasteiger charge is -2.27. The molecular weight excluding hydrogens is 502 g/mol. The van der Waals surface area contributed by atoms with Gasteiger partial charge in [-0.05, 0) is 54.3 Å². The van der Waals surface area contributed by atoms with Gasteiger partial charge in [-0.15, -0.1) is 6.58 Å². The fourth-order valence-electron chi connectivity index (χ4n) is 4.16. The molecule has 1 aliphatic rings. The monoisotopic (exact) mass is 527 g/mol. The molecule has 3 aromatic carbocycles. The number of nitro benzene ring substituents is 1. The number of methoxy groups -OCH3 is 1. The first-order valence-corrected chi connectivity index (χ1v) is 11.9. The van der Waals surface area contributed by atoms with Crippen molar-refractivity contribution in [1.82, 2.24) is 5.32 Å². The maximum Gasteiger partial charge on any atom is 0.335 e. The number of nitrogens with zero attached hydrogens (tertiary/aromatic N) is 2. The Morgan fingerprint density at radius 3 is 2.54 bits per heavy atom. The first-order chi connectivity index (χ1) is 18.7. The number of allylic oxidation sites excluding steroid dienone is 1. The third-order valence-corrected chi connectivity index (χ3v) is 6.01. The summed E-state index contributed by atoms with van der Waals surface area (Å²) in [6.45, 7) is 5.58. The molecule has 0 saturated carbocycles. The van der Waals surface area contributed by atoms with Crippen LogP contribution in [0.3, 0.4) is 0 Å². The normalized spacial score (nSPS) is 14.3. The Balaban J connectivity index is 1.70. The van der Waals surface area contributed by atoms with Crippen LogP contribution in [0, 0.1) is 17.0 Å². The van der Waals surface area contributed by atoms with Crippen LogP contribution in [0.5, 0.6) is 11.5 Å². The van der Waals surface area contributed by atoms with Crippen LogP contribution in [0.1, 0.15) is 22.3 Å². The van der Waals surface area contributed by atoms with Gasteiger partial charge in [0.2, 0.25) is 0 Å². The molecule has 10 heteroatoms. The summed E-state index contributed by atoms with van der Waals surface area (Å²) < 4.78 is 11.5. The van der Waals surface area contributed by atoms with Crippen molar-refractivity contribution in [3.63, 3.8) is 0 Å². The fraction of sp³-hybridized carbons (Fsp3) is 0.138. The summed E-state index contributed by atoms with van der Waals surface area (Å²) in [5.41, 5.74) is 2.48. The summed E-state index contributed by atoms with van der Waals surface area (Å²) in [5.74, 6) is -0.859. The molecule has 1 heterocycles. The Kier molecular flexibility index (Phi) is 7.85. The molecule has 1 aliphatic heterocycles. The lowest BCUT2D eigenvalue weighted by Crippen LogP contribution is -2.54. The van der Waals surface area contributed by atoms with Gasteiger partial charge in [-0.3, -0.25) is 25.0 Å². The largest absolute Gasteiger partial charge is 0.493 e. The number of urea groups is 1. The second-order valence-electron chi connectivity index (χ2n) is 8.66. The summed E-state index contributed by atoms with van der Waals surface area (Å²) in [7, 11) is 1.45. The Labute approximate surface area is 224 Å². The number of carbonyl (C=O) groups is 3. The van der Waals surface area contributed by atoms with Crippen LogP contribution in [0.4, 0.5) is 16.2 Å². The molecule has 0 radical (unpaired) electrons. The van der Waals surface area contributed by atoms with E-state index in [-0.39, 0.29) is 17.9 Å². The van der Waals surface area contributed by atoms with Gasteiger partial charge in [-0.2, -0.15) is 0 Å². The van der Waals surface area contributed by atoms with Gasteiger partial charge in [-0.1, -0.05) is 36.4 Å². The summed E-state index contributed by atoms with van der Waals surface area (Å²) in [5, 5.41) is 13.3. The SMILES string of the molecule is C=CCc1cc(/C=C2\C(=O)NC(=O)N(c3ccccc3C)C2=O)cc(OC)c1OCc1cccc([N+](=O)[O-])c1. The van der Waals surface area contributed by atoms with Crippen molar-refractivity contribution in [1.29, 1.82) is 0 Å².